The monoisotopic (exact) mass is 223 g/mol. The number of ether oxygens (including phenoxy) is 1. The van der Waals surface area contributed by atoms with Gasteiger partial charge in [-0.2, -0.15) is 0 Å². The van der Waals surface area contributed by atoms with Gasteiger partial charge in [-0.05, 0) is 12.1 Å². The third kappa shape index (κ3) is 5.31. The number of nitrogens with zero attached hydrogens (tertiary/aromatic N) is 1. The molecule has 1 heterocycles. The van der Waals surface area contributed by atoms with E-state index in [1.165, 1.54) is 0 Å². The zero-order valence-electron chi connectivity index (χ0n) is 9.40. The molecule has 0 saturated carbocycles. The van der Waals surface area contributed by atoms with Gasteiger partial charge in [-0.3, -0.25) is 4.79 Å². The molecular formula is C11H17N3O2. The summed E-state index contributed by atoms with van der Waals surface area (Å²) in [5.74, 6) is 0.799. The summed E-state index contributed by atoms with van der Waals surface area (Å²) in [7, 11) is 1.61. The summed E-state index contributed by atoms with van der Waals surface area (Å²) in [5, 5.41) is 5.81. The highest BCUT2D eigenvalue weighted by Crippen LogP contribution is 1.98. The molecule has 5 heteroatoms. The maximum absolute atomic E-state index is 11.3. The van der Waals surface area contributed by atoms with Crippen molar-refractivity contribution in [1.82, 2.24) is 10.3 Å². The van der Waals surface area contributed by atoms with Gasteiger partial charge in [0.15, 0.2) is 0 Å². The maximum Gasteiger partial charge on any atom is 0.221 e. The summed E-state index contributed by atoms with van der Waals surface area (Å²) in [6.45, 7) is 1.67. The Kier molecular flexibility index (Phi) is 5.95. The van der Waals surface area contributed by atoms with Gasteiger partial charge in [-0.1, -0.05) is 6.07 Å². The average Bonchev–Trinajstić information content (AvgIpc) is 2.31. The summed E-state index contributed by atoms with van der Waals surface area (Å²) < 4.78 is 4.83. The quantitative estimate of drug-likeness (QED) is 0.666. The molecule has 0 saturated heterocycles. The van der Waals surface area contributed by atoms with Crippen molar-refractivity contribution in [2.45, 2.75) is 6.42 Å². The number of carbonyl (C=O) groups excluding carboxylic acids is 1. The van der Waals surface area contributed by atoms with Crippen molar-refractivity contribution in [2.75, 3.05) is 32.1 Å². The number of hydrogen-bond donors (Lipinski definition) is 2. The van der Waals surface area contributed by atoms with Gasteiger partial charge in [0.25, 0.3) is 0 Å². The summed E-state index contributed by atoms with van der Waals surface area (Å²) in [4.78, 5) is 15.4. The second kappa shape index (κ2) is 7.64. The smallest absolute Gasteiger partial charge is 0.221 e. The largest absolute Gasteiger partial charge is 0.383 e. The van der Waals surface area contributed by atoms with Gasteiger partial charge in [0.05, 0.1) is 6.61 Å². The van der Waals surface area contributed by atoms with Crippen LogP contribution in [0.15, 0.2) is 24.4 Å². The molecule has 0 spiro atoms. The van der Waals surface area contributed by atoms with Crippen LogP contribution in [0.2, 0.25) is 0 Å². The second-order valence-electron chi connectivity index (χ2n) is 3.23. The van der Waals surface area contributed by atoms with E-state index in [1.54, 1.807) is 13.3 Å². The van der Waals surface area contributed by atoms with E-state index >= 15 is 0 Å². The molecule has 1 amide bonds. The van der Waals surface area contributed by atoms with Crippen LogP contribution in [-0.4, -0.2) is 37.7 Å². The molecular weight excluding hydrogens is 206 g/mol. The molecule has 0 aromatic carbocycles. The number of anilines is 1. The van der Waals surface area contributed by atoms with Crippen LogP contribution in [0.4, 0.5) is 5.82 Å². The van der Waals surface area contributed by atoms with Crippen molar-refractivity contribution in [1.29, 1.82) is 0 Å². The molecule has 0 aliphatic heterocycles. The van der Waals surface area contributed by atoms with Gasteiger partial charge in [0.1, 0.15) is 5.82 Å². The Morgan fingerprint density at radius 1 is 1.44 bits per heavy atom. The van der Waals surface area contributed by atoms with Crippen LogP contribution < -0.4 is 10.6 Å². The number of nitrogens with one attached hydrogen (secondary N) is 2. The summed E-state index contributed by atoms with van der Waals surface area (Å²) >= 11 is 0. The molecule has 0 aliphatic rings. The fraction of sp³-hybridized carbons (Fsp3) is 0.455. The van der Waals surface area contributed by atoms with Gasteiger partial charge in [0, 0.05) is 32.8 Å². The molecule has 0 radical (unpaired) electrons. The van der Waals surface area contributed by atoms with Gasteiger partial charge in [0.2, 0.25) is 5.91 Å². The molecule has 0 atom stereocenters. The van der Waals surface area contributed by atoms with Crippen LogP contribution in [0.25, 0.3) is 0 Å². The fourth-order valence-corrected chi connectivity index (χ4v) is 1.15. The molecule has 0 fully saturated rings. The van der Waals surface area contributed by atoms with Crippen LogP contribution >= 0.6 is 0 Å². The zero-order valence-corrected chi connectivity index (χ0v) is 9.40. The Morgan fingerprint density at radius 2 is 2.31 bits per heavy atom. The fourth-order valence-electron chi connectivity index (χ4n) is 1.15. The highest BCUT2D eigenvalue weighted by molar-refractivity contribution is 5.76. The third-order valence-electron chi connectivity index (χ3n) is 1.95. The van der Waals surface area contributed by atoms with Crippen molar-refractivity contribution in [3.8, 4) is 0 Å². The molecule has 1 rings (SSSR count). The lowest BCUT2D eigenvalue weighted by molar-refractivity contribution is -0.121. The Hall–Kier alpha value is -1.62. The number of methoxy groups -OCH3 is 1. The Bertz CT molecular complexity index is 303. The maximum atomic E-state index is 11.3. The number of amides is 1. The standard InChI is InChI=1S/C11H17N3O2/c1-16-9-8-14-11(15)5-7-13-10-4-2-3-6-12-10/h2-4,6H,5,7-9H2,1H3,(H,12,13)(H,14,15). The first-order chi connectivity index (χ1) is 7.83. The molecule has 5 nitrogen and oxygen atoms in total. The average molecular weight is 223 g/mol. The van der Waals surface area contributed by atoms with E-state index in [0.717, 1.165) is 5.82 Å². The van der Waals surface area contributed by atoms with Gasteiger partial charge < -0.3 is 15.4 Å². The van der Waals surface area contributed by atoms with E-state index in [9.17, 15) is 4.79 Å². The summed E-state index contributed by atoms with van der Waals surface area (Å²) in [6, 6.07) is 5.61. The van der Waals surface area contributed by atoms with Gasteiger partial charge >= 0.3 is 0 Å². The molecule has 0 aliphatic carbocycles. The van der Waals surface area contributed by atoms with Crippen molar-refractivity contribution < 1.29 is 9.53 Å². The van der Waals surface area contributed by atoms with E-state index < -0.39 is 0 Å². The SMILES string of the molecule is COCCNC(=O)CCNc1ccccn1. The van der Waals surface area contributed by atoms with Crippen LogP contribution in [0.3, 0.4) is 0 Å². The third-order valence-corrected chi connectivity index (χ3v) is 1.95. The number of hydrogen-bond acceptors (Lipinski definition) is 4. The van der Waals surface area contributed by atoms with E-state index in [1.807, 2.05) is 18.2 Å². The molecule has 0 bridgehead atoms. The van der Waals surface area contributed by atoms with Crippen molar-refractivity contribution in [2.24, 2.45) is 0 Å². The Morgan fingerprint density at radius 3 is 3.00 bits per heavy atom. The Balaban J connectivity index is 2.09. The first kappa shape index (κ1) is 12.4. The molecule has 1 aromatic heterocycles. The normalized spacial score (nSPS) is 9.81. The van der Waals surface area contributed by atoms with Crippen LogP contribution in [-0.2, 0) is 9.53 Å². The van der Waals surface area contributed by atoms with Gasteiger partial charge in [-0.15, -0.1) is 0 Å². The number of carbonyl (C=O) groups is 1. The predicted molar refractivity (Wildman–Crippen MR) is 62.2 cm³/mol. The molecule has 0 unspecified atom stereocenters. The lowest BCUT2D eigenvalue weighted by Gasteiger charge is -2.06. The topological polar surface area (TPSA) is 63.2 Å². The number of rotatable bonds is 7. The summed E-state index contributed by atoms with van der Waals surface area (Å²) in [6.07, 6.45) is 2.14. The lowest BCUT2D eigenvalue weighted by Crippen LogP contribution is -2.28. The number of pyridine rings is 1. The number of aromatic nitrogens is 1. The van der Waals surface area contributed by atoms with E-state index in [0.29, 0.717) is 26.1 Å². The van der Waals surface area contributed by atoms with E-state index in [-0.39, 0.29) is 5.91 Å². The van der Waals surface area contributed by atoms with Crippen molar-refractivity contribution >= 4 is 11.7 Å². The summed E-state index contributed by atoms with van der Waals surface area (Å²) in [5.41, 5.74) is 0. The van der Waals surface area contributed by atoms with E-state index in [4.69, 9.17) is 4.74 Å². The minimum absolute atomic E-state index is 0.0143. The Labute approximate surface area is 95.2 Å². The molecule has 2 N–H and O–H groups in total. The molecule has 16 heavy (non-hydrogen) atoms. The van der Waals surface area contributed by atoms with Crippen LogP contribution in [0.5, 0.6) is 0 Å². The molecule has 88 valence electrons. The highest BCUT2D eigenvalue weighted by atomic mass is 16.5. The van der Waals surface area contributed by atoms with E-state index in [2.05, 4.69) is 15.6 Å². The second-order valence-corrected chi connectivity index (χ2v) is 3.23. The van der Waals surface area contributed by atoms with Crippen LogP contribution in [0, 0.1) is 0 Å². The highest BCUT2D eigenvalue weighted by Gasteiger charge is 1.99. The minimum atomic E-state index is 0.0143. The first-order valence-corrected chi connectivity index (χ1v) is 5.23. The predicted octanol–water partition coefficient (Wildman–Crippen LogP) is 0.646. The van der Waals surface area contributed by atoms with Crippen molar-refractivity contribution in [3.63, 3.8) is 0 Å². The van der Waals surface area contributed by atoms with Crippen molar-refractivity contribution in [3.05, 3.63) is 24.4 Å². The van der Waals surface area contributed by atoms with Gasteiger partial charge in [-0.25, -0.2) is 4.98 Å². The lowest BCUT2D eigenvalue weighted by atomic mass is 10.4. The minimum Gasteiger partial charge on any atom is -0.383 e. The van der Waals surface area contributed by atoms with Crippen LogP contribution in [0.1, 0.15) is 6.42 Å². The molecule has 1 aromatic rings. The zero-order chi connectivity index (χ0) is 11.6. The first-order valence-electron chi connectivity index (χ1n) is 5.23.